The average Bonchev–Trinajstić information content (AvgIpc) is 3.17. The molecular weight excluding hydrogens is 406 g/mol. The normalized spacial score (nSPS) is 16.2. The van der Waals surface area contributed by atoms with E-state index < -0.39 is 10.0 Å². The molecule has 8 nitrogen and oxygen atoms in total. The number of ether oxygens (including phenoxy) is 2. The SMILES string of the molecule is CCC(=O)N1N=C(c2ccc(NS(C)(=O)=O)cc2)C[C@H]1c1cc(OC)ccc1OC. The quantitative estimate of drug-likeness (QED) is 0.726. The van der Waals surface area contributed by atoms with E-state index in [1.165, 1.54) is 5.01 Å². The second-order valence-corrected chi connectivity index (χ2v) is 8.67. The van der Waals surface area contributed by atoms with Gasteiger partial charge in [-0.15, -0.1) is 0 Å². The number of benzene rings is 2. The van der Waals surface area contributed by atoms with Crippen LogP contribution in [0.5, 0.6) is 11.5 Å². The molecule has 3 rings (SSSR count). The molecule has 0 radical (unpaired) electrons. The molecule has 2 aromatic rings. The summed E-state index contributed by atoms with van der Waals surface area (Å²) >= 11 is 0. The first-order valence-electron chi connectivity index (χ1n) is 9.45. The Kier molecular flexibility index (Phi) is 6.31. The molecular formula is C21H25N3O5S. The summed E-state index contributed by atoms with van der Waals surface area (Å²) in [5, 5.41) is 6.08. The van der Waals surface area contributed by atoms with Gasteiger partial charge in [0, 0.05) is 24.1 Å². The molecule has 1 aliphatic heterocycles. The van der Waals surface area contributed by atoms with Crippen LogP contribution in [0.4, 0.5) is 5.69 Å². The van der Waals surface area contributed by atoms with E-state index in [0.29, 0.717) is 30.0 Å². The van der Waals surface area contributed by atoms with Gasteiger partial charge in [0.15, 0.2) is 0 Å². The third kappa shape index (κ3) is 4.73. The van der Waals surface area contributed by atoms with Crippen LogP contribution in [0.2, 0.25) is 0 Å². The molecule has 2 aromatic carbocycles. The Morgan fingerprint density at radius 2 is 1.87 bits per heavy atom. The number of hydrogen-bond donors (Lipinski definition) is 1. The van der Waals surface area contributed by atoms with Gasteiger partial charge in [-0.2, -0.15) is 5.10 Å². The fraction of sp³-hybridized carbons (Fsp3) is 0.333. The van der Waals surface area contributed by atoms with E-state index in [-0.39, 0.29) is 11.9 Å². The summed E-state index contributed by atoms with van der Waals surface area (Å²) < 4.78 is 36.1. The summed E-state index contributed by atoms with van der Waals surface area (Å²) in [7, 11) is -0.179. The number of hydrazone groups is 1. The highest BCUT2D eigenvalue weighted by Crippen LogP contribution is 2.39. The topological polar surface area (TPSA) is 97.3 Å². The van der Waals surface area contributed by atoms with Gasteiger partial charge in [0.25, 0.3) is 0 Å². The van der Waals surface area contributed by atoms with Gasteiger partial charge in [-0.25, -0.2) is 13.4 Å². The van der Waals surface area contributed by atoms with Crippen LogP contribution in [-0.2, 0) is 14.8 Å². The summed E-state index contributed by atoms with van der Waals surface area (Å²) in [5.41, 5.74) is 2.82. The lowest BCUT2D eigenvalue weighted by molar-refractivity contribution is -0.132. The fourth-order valence-corrected chi connectivity index (χ4v) is 3.93. The molecule has 1 N–H and O–H groups in total. The number of anilines is 1. The zero-order valence-electron chi connectivity index (χ0n) is 17.4. The molecule has 0 aromatic heterocycles. The predicted octanol–water partition coefficient (Wildman–Crippen LogP) is 3.16. The fourth-order valence-electron chi connectivity index (χ4n) is 3.36. The van der Waals surface area contributed by atoms with Gasteiger partial charge in [0.05, 0.1) is 32.2 Å². The Balaban J connectivity index is 1.95. The van der Waals surface area contributed by atoms with Crippen molar-refractivity contribution in [3.8, 4) is 11.5 Å². The number of rotatable bonds is 7. The number of carbonyl (C=O) groups is 1. The first-order valence-corrected chi connectivity index (χ1v) is 11.3. The standard InChI is InChI=1S/C21H25N3O5S/c1-5-21(25)24-19(17-12-16(28-2)10-11-20(17)29-3)13-18(22-24)14-6-8-15(9-7-14)23-30(4,26)27/h6-12,19,23H,5,13H2,1-4H3/t19-/m0/s1. The van der Waals surface area contributed by atoms with Crippen LogP contribution in [0.25, 0.3) is 0 Å². The molecule has 0 spiro atoms. The van der Waals surface area contributed by atoms with Crippen molar-refractivity contribution in [1.29, 1.82) is 0 Å². The average molecular weight is 432 g/mol. The van der Waals surface area contributed by atoms with Gasteiger partial charge in [0.1, 0.15) is 11.5 Å². The zero-order chi connectivity index (χ0) is 21.9. The van der Waals surface area contributed by atoms with Crippen LogP contribution >= 0.6 is 0 Å². The monoisotopic (exact) mass is 431 g/mol. The van der Waals surface area contributed by atoms with E-state index in [0.717, 1.165) is 23.1 Å². The van der Waals surface area contributed by atoms with E-state index in [1.54, 1.807) is 51.5 Å². The van der Waals surface area contributed by atoms with E-state index in [4.69, 9.17) is 9.47 Å². The van der Waals surface area contributed by atoms with E-state index in [1.807, 2.05) is 12.1 Å². The summed E-state index contributed by atoms with van der Waals surface area (Å²) in [6.07, 6.45) is 1.91. The van der Waals surface area contributed by atoms with Crippen LogP contribution in [0, 0.1) is 0 Å². The molecule has 1 heterocycles. The number of nitrogens with zero attached hydrogens (tertiary/aromatic N) is 2. The van der Waals surface area contributed by atoms with E-state index in [2.05, 4.69) is 9.82 Å². The van der Waals surface area contributed by atoms with Crippen molar-refractivity contribution in [2.75, 3.05) is 25.2 Å². The molecule has 30 heavy (non-hydrogen) atoms. The molecule has 9 heteroatoms. The van der Waals surface area contributed by atoms with Crippen LogP contribution in [0.15, 0.2) is 47.6 Å². The minimum Gasteiger partial charge on any atom is -0.497 e. The summed E-state index contributed by atoms with van der Waals surface area (Å²) in [6.45, 7) is 1.79. The van der Waals surface area contributed by atoms with Crippen molar-refractivity contribution in [2.45, 2.75) is 25.8 Å². The second-order valence-electron chi connectivity index (χ2n) is 6.92. The Bertz CT molecular complexity index is 1060. The van der Waals surface area contributed by atoms with Crippen molar-refractivity contribution in [3.63, 3.8) is 0 Å². The maximum atomic E-state index is 12.6. The number of methoxy groups -OCH3 is 2. The van der Waals surface area contributed by atoms with Crippen LogP contribution in [0.3, 0.4) is 0 Å². The molecule has 0 aliphatic carbocycles. The third-order valence-electron chi connectivity index (χ3n) is 4.79. The Labute approximate surface area is 176 Å². The maximum Gasteiger partial charge on any atom is 0.242 e. The lowest BCUT2D eigenvalue weighted by Gasteiger charge is -2.23. The molecule has 1 amide bonds. The van der Waals surface area contributed by atoms with Crippen molar-refractivity contribution < 1.29 is 22.7 Å². The van der Waals surface area contributed by atoms with Gasteiger partial charge in [-0.1, -0.05) is 19.1 Å². The van der Waals surface area contributed by atoms with Crippen molar-refractivity contribution in [1.82, 2.24) is 5.01 Å². The van der Waals surface area contributed by atoms with Crippen LogP contribution in [0.1, 0.15) is 36.9 Å². The first kappa shape index (κ1) is 21.6. The number of amides is 1. The zero-order valence-corrected chi connectivity index (χ0v) is 18.2. The molecule has 0 fully saturated rings. The molecule has 0 bridgehead atoms. The lowest BCUT2D eigenvalue weighted by atomic mass is 9.97. The number of hydrogen-bond acceptors (Lipinski definition) is 6. The van der Waals surface area contributed by atoms with Crippen molar-refractivity contribution in [3.05, 3.63) is 53.6 Å². The first-order chi connectivity index (χ1) is 14.3. The summed E-state index contributed by atoms with van der Waals surface area (Å²) in [6, 6.07) is 12.1. The second kappa shape index (κ2) is 8.74. The highest BCUT2D eigenvalue weighted by atomic mass is 32.2. The molecule has 0 unspecified atom stereocenters. The lowest BCUT2D eigenvalue weighted by Crippen LogP contribution is -2.26. The Hall–Kier alpha value is -3.07. The third-order valence-corrected chi connectivity index (χ3v) is 5.39. The minimum atomic E-state index is -3.35. The molecule has 1 aliphatic rings. The maximum absolute atomic E-state index is 12.6. The van der Waals surface area contributed by atoms with Crippen molar-refractivity contribution >= 4 is 27.3 Å². The van der Waals surface area contributed by atoms with E-state index >= 15 is 0 Å². The largest absolute Gasteiger partial charge is 0.497 e. The predicted molar refractivity (Wildman–Crippen MR) is 115 cm³/mol. The van der Waals surface area contributed by atoms with Crippen LogP contribution in [-0.4, -0.2) is 45.5 Å². The smallest absolute Gasteiger partial charge is 0.242 e. The summed E-state index contributed by atoms with van der Waals surface area (Å²) in [5.74, 6) is 1.22. The van der Waals surface area contributed by atoms with E-state index in [9.17, 15) is 13.2 Å². The Morgan fingerprint density at radius 3 is 2.43 bits per heavy atom. The molecule has 1 atom stereocenters. The Morgan fingerprint density at radius 1 is 1.17 bits per heavy atom. The van der Waals surface area contributed by atoms with Gasteiger partial charge < -0.3 is 9.47 Å². The highest BCUT2D eigenvalue weighted by molar-refractivity contribution is 7.92. The highest BCUT2D eigenvalue weighted by Gasteiger charge is 2.34. The minimum absolute atomic E-state index is 0.102. The van der Waals surface area contributed by atoms with Gasteiger partial charge >= 0.3 is 0 Å². The van der Waals surface area contributed by atoms with Crippen molar-refractivity contribution in [2.24, 2.45) is 5.10 Å². The number of carbonyl (C=O) groups excluding carboxylic acids is 1. The number of sulfonamides is 1. The van der Waals surface area contributed by atoms with Gasteiger partial charge in [-0.3, -0.25) is 9.52 Å². The number of nitrogens with one attached hydrogen (secondary N) is 1. The van der Waals surface area contributed by atoms with Gasteiger partial charge in [0.2, 0.25) is 15.9 Å². The summed E-state index contributed by atoms with van der Waals surface area (Å²) in [4.78, 5) is 12.6. The molecule has 160 valence electrons. The van der Waals surface area contributed by atoms with Gasteiger partial charge in [-0.05, 0) is 35.9 Å². The van der Waals surface area contributed by atoms with Crippen LogP contribution < -0.4 is 14.2 Å². The molecule has 0 saturated carbocycles. The molecule has 0 saturated heterocycles.